The molecule has 14 nitrogen and oxygen atoms in total. The number of fused-ring (bicyclic) bond motifs is 4. The van der Waals surface area contributed by atoms with Crippen LogP contribution in [0, 0.1) is 29.6 Å². The summed E-state index contributed by atoms with van der Waals surface area (Å²) in [4.78, 5) is 58.8. The Hall–Kier alpha value is -4.18. The third kappa shape index (κ3) is 12.5. The second-order valence-corrected chi connectivity index (χ2v) is 20.5. The normalized spacial score (nSPS) is 35.2. The van der Waals surface area contributed by atoms with Gasteiger partial charge in [-0.2, -0.15) is 0 Å². The van der Waals surface area contributed by atoms with Gasteiger partial charge in [-0.15, -0.1) is 6.58 Å². The van der Waals surface area contributed by atoms with Gasteiger partial charge < -0.3 is 48.1 Å². The number of carbonyl (C=O) groups excluding carboxylic acids is 4. The number of hydrogen-bond donors (Lipinski definition) is 2. The van der Waals surface area contributed by atoms with Crippen LogP contribution >= 0.6 is 0 Å². The predicted molar refractivity (Wildman–Crippen MR) is 263 cm³/mol. The number of ether oxygens (including phenoxy) is 6. The quantitative estimate of drug-likeness (QED) is 0.126. The fourth-order valence-electron chi connectivity index (χ4n) is 11.3. The van der Waals surface area contributed by atoms with Crippen LogP contribution in [-0.4, -0.2) is 126 Å². The molecule has 1 aromatic heterocycles. The van der Waals surface area contributed by atoms with Crippen molar-refractivity contribution in [3.05, 3.63) is 66.4 Å². The van der Waals surface area contributed by atoms with Gasteiger partial charge in [0.1, 0.15) is 35.9 Å². The first-order chi connectivity index (χ1) is 33.0. The first kappa shape index (κ1) is 54.2. The second-order valence-electron chi connectivity index (χ2n) is 20.5. The zero-order valence-corrected chi connectivity index (χ0v) is 42.6. The Morgan fingerprint density at radius 2 is 1.64 bits per heavy atom. The average molecular weight is 961 g/mol. The minimum Gasteiger partial charge on any atom is -0.488 e. The number of benzene rings is 1. The van der Waals surface area contributed by atoms with Gasteiger partial charge in [-0.25, -0.2) is 4.79 Å². The molecule has 1 aromatic carbocycles. The molecule has 3 fully saturated rings. The average Bonchev–Trinajstić information content (AvgIpc) is 3.75. The Morgan fingerprint density at radius 3 is 2.33 bits per heavy atom. The van der Waals surface area contributed by atoms with E-state index < -0.39 is 77.8 Å². The van der Waals surface area contributed by atoms with Crippen molar-refractivity contribution in [2.45, 2.75) is 180 Å². The number of rotatable bonds is 11. The van der Waals surface area contributed by atoms with Crippen molar-refractivity contribution in [3.63, 3.8) is 0 Å². The summed E-state index contributed by atoms with van der Waals surface area (Å²) in [6, 6.07) is 7.24. The summed E-state index contributed by atoms with van der Waals surface area (Å²) in [5.41, 5.74) is 2.59. The van der Waals surface area contributed by atoms with Gasteiger partial charge in [0.25, 0.3) is 11.7 Å². The van der Waals surface area contributed by atoms with Gasteiger partial charge in [0.15, 0.2) is 0 Å². The molecule has 2 saturated heterocycles. The predicted octanol–water partition coefficient (Wildman–Crippen LogP) is 8.09. The molecule has 14 atom stereocenters. The molecule has 3 aliphatic heterocycles. The summed E-state index contributed by atoms with van der Waals surface area (Å²) in [5, 5.41) is 24.9. The van der Waals surface area contributed by atoms with Crippen LogP contribution < -0.4 is 4.74 Å². The monoisotopic (exact) mass is 961 g/mol. The molecule has 14 unspecified atom stereocenters. The highest BCUT2D eigenvalue weighted by molar-refractivity contribution is 6.39. The molecule has 2 N–H and O–H groups in total. The number of aromatic nitrogens is 1. The number of aryl methyl sites for hydroxylation is 1. The van der Waals surface area contributed by atoms with Crippen LogP contribution in [0.2, 0.25) is 0 Å². The van der Waals surface area contributed by atoms with Crippen molar-refractivity contribution in [1.82, 2.24) is 9.47 Å². The number of ketones is 2. The highest BCUT2D eigenvalue weighted by atomic mass is 16.7. The lowest BCUT2D eigenvalue weighted by Gasteiger charge is -2.47. The van der Waals surface area contributed by atoms with Gasteiger partial charge in [0.2, 0.25) is 5.79 Å². The van der Waals surface area contributed by atoms with Crippen LogP contribution in [0.5, 0.6) is 5.75 Å². The Morgan fingerprint density at radius 1 is 0.913 bits per heavy atom. The number of methoxy groups -OCH3 is 3. The van der Waals surface area contributed by atoms with Gasteiger partial charge in [0.05, 0.1) is 24.4 Å². The van der Waals surface area contributed by atoms with Crippen molar-refractivity contribution in [1.29, 1.82) is 0 Å². The number of esters is 1. The van der Waals surface area contributed by atoms with Crippen molar-refractivity contribution in [2.24, 2.45) is 29.6 Å². The Labute approximate surface area is 409 Å². The largest absolute Gasteiger partial charge is 0.488 e. The summed E-state index contributed by atoms with van der Waals surface area (Å²) >= 11 is 0. The van der Waals surface area contributed by atoms with Crippen molar-refractivity contribution in [2.75, 3.05) is 27.9 Å². The van der Waals surface area contributed by atoms with E-state index in [2.05, 4.69) is 48.5 Å². The van der Waals surface area contributed by atoms with E-state index in [9.17, 15) is 29.4 Å². The van der Waals surface area contributed by atoms with Crippen LogP contribution in [-0.2, 0) is 49.4 Å². The molecule has 382 valence electrons. The molecule has 2 aromatic rings. The topological polar surface area (TPSA) is 172 Å². The summed E-state index contributed by atoms with van der Waals surface area (Å²) < 4.78 is 39.4. The number of piperidine rings is 1. The van der Waals surface area contributed by atoms with Gasteiger partial charge in [-0.3, -0.25) is 14.4 Å². The number of Topliss-reactive ketones (excluding diaryl/α,β-unsaturated/α-hetero) is 2. The number of aliphatic hydroxyl groups is 2. The van der Waals surface area contributed by atoms with E-state index in [0.29, 0.717) is 37.7 Å². The number of hydrogen-bond acceptors (Lipinski definition) is 12. The van der Waals surface area contributed by atoms with Crippen LogP contribution in [0.3, 0.4) is 0 Å². The Balaban J connectivity index is 1.29. The lowest BCUT2D eigenvalue weighted by Crippen LogP contribution is -2.64. The lowest BCUT2D eigenvalue weighted by atomic mass is 9.81. The number of amides is 1. The summed E-state index contributed by atoms with van der Waals surface area (Å²) in [7, 11) is 4.69. The van der Waals surface area contributed by atoms with E-state index in [1.807, 2.05) is 32.9 Å². The van der Waals surface area contributed by atoms with E-state index in [1.165, 1.54) is 24.6 Å². The van der Waals surface area contributed by atoms with E-state index >= 15 is 0 Å². The molecule has 0 spiro atoms. The molecule has 14 heteroatoms. The maximum atomic E-state index is 14.6. The van der Waals surface area contributed by atoms with Gasteiger partial charge in [0, 0.05) is 69.8 Å². The zero-order valence-electron chi connectivity index (χ0n) is 42.6. The van der Waals surface area contributed by atoms with Gasteiger partial charge in [-0.1, -0.05) is 45.9 Å². The molecule has 6 rings (SSSR count). The molecule has 1 amide bonds. The molecule has 0 radical (unpaired) electrons. The SMILES string of the molecule is C=CCC1C=C(C)C(O)C(C)CC(OC)C2OC(O)(C(=O)C(=O)N3CCCCC3C(=O)OC(C(C)=CC3CCC(Oc4ccc5c(ccn5CCC)c4)C(OC)C3)C(C)CCC1=O)C(C)CC2OC. The summed E-state index contributed by atoms with van der Waals surface area (Å²) in [6.45, 7) is 16.3. The van der Waals surface area contributed by atoms with Crippen LogP contribution in [0.15, 0.2) is 66.4 Å². The Bertz CT molecular complexity index is 2160. The van der Waals surface area contributed by atoms with E-state index in [1.54, 1.807) is 27.0 Å². The van der Waals surface area contributed by atoms with Gasteiger partial charge in [-0.05, 0) is 138 Å². The Kier molecular flexibility index (Phi) is 19.1. The number of carbonyl (C=O) groups is 4. The first-order valence-corrected chi connectivity index (χ1v) is 25.5. The third-order valence-electron chi connectivity index (χ3n) is 15.5. The third-order valence-corrected chi connectivity index (χ3v) is 15.5. The van der Waals surface area contributed by atoms with E-state index in [-0.39, 0.29) is 62.1 Å². The number of allylic oxidation sites excluding steroid dienone is 3. The van der Waals surface area contributed by atoms with E-state index in [0.717, 1.165) is 42.5 Å². The summed E-state index contributed by atoms with van der Waals surface area (Å²) in [6.07, 6.45) is 9.34. The van der Waals surface area contributed by atoms with Crippen LogP contribution in [0.4, 0.5) is 0 Å². The molecular weight excluding hydrogens is 881 g/mol. The van der Waals surface area contributed by atoms with Gasteiger partial charge >= 0.3 is 5.97 Å². The molecule has 4 aliphatic rings. The lowest BCUT2D eigenvalue weighted by molar-refractivity contribution is -0.302. The zero-order chi connectivity index (χ0) is 50.2. The summed E-state index contributed by atoms with van der Waals surface area (Å²) in [5.74, 6) is -6.71. The fourth-order valence-corrected chi connectivity index (χ4v) is 11.3. The maximum absolute atomic E-state index is 14.6. The standard InChI is InChI=1S/C55H80N2O12/c1-11-15-40-28-34(4)49(59)35(5)29-47(65-9)51-48(66-10)30-37(7)55(63,69-51)52(60)53(61)57-25-14-13-16-43(57)54(62)68-50(33(3)17-21-44(40)58)36(6)27-38-18-22-45(46(31-38)64-8)67-41-19-20-42-39(32-41)23-26-56(42)24-12-2/h11,19-20,23,26-28,32-33,35,37-38,40,43,45-51,59,63H,1,12-18,21-22,24-25,29-31H2,2-10H3. The van der Waals surface area contributed by atoms with Crippen molar-refractivity contribution >= 4 is 34.3 Å². The minimum atomic E-state index is -2.55. The minimum absolute atomic E-state index is 0.0261. The van der Waals surface area contributed by atoms with E-state index in [4.69, 9.17) is 28.4 Å². The number of cyclic esters (lactones) is 1. The molecule has 1 saturated carbocycles. The van der Waals surface area contributed by atoms with Crippen LogP contribution in [0.25, 0.3) is 10.9 Å². The number of nitrogens with zero attached hydrogens (tertiary/aromatic N) is 2. The first-order valence-electron chi connectivity index (χ1n) is 25.5. The molecule has 2 bridgehead atoms. The van der Waals surface area contributed by atoms with Crippen LogP contribution in [0.1, 0.15) is 119 Å². The van der Waals surface area contributed by atoms with Crippen molar-refractivity contribution < 1.29 is 57.8 Å². The highest BCUT2D eigenvalue weighted by Gasteiger charge is 2.56. The fraction of sp³-hybridized carbons (Fsp3) is 0.673. The molecular formula is C55H80N2O12. The smallest absolute Gasteiger partial charge is 0.329 e. The molecule has 4 heterocycles. The highest BCUT2D eigenvalue weighted by Crippen LogP contribution is 2.40. The number of aliphatic hydroxyl groups excluding tert-OH is 1. The molecule has 1 aliphatic carbocycles. The maximum Gasteiger partial charge on any atom is 0.329 e. The van der Waals surface area contributed by atoms with Crippen molar-refractivity contribution in [3.8, 4) is 5.75 Å². The second kappa shape index (κ2) is 24.3. The molecule has 69 heavy (non-hydrogen) atoms.